The van der Waals surface area contributed by atoms with Gasteiger partial charge in [0, 0.05) is 35.9 Å². The van der Waals surface area contributed by atoms with E-state index in [2.05, 4.69) is 54.8 Å². The summed E-state index contributed by atoms with van der Waals surface area (Å²) in [5, 5.41) is 15.2. The first-order valence-corrected chi connectivity index (χ1v) is 7.29. The maximum Gasteiger partial charge on any atom is 0.206 e. The van der Waals surface area contributed by atoms with Crippen molar-refractivity contribution in [3.63, 3.8) is 0 Å². The van der Waals surface area contributed by atoms with Crippen molar-refractivity contribution in [2.75, 3.05) is 18.0 Å². The maximum atomic E-state index is 4.48. The summed E-state index contributed by atoms with van der Waals surface area (Å²) < 4.78 is 0. The van der Waals surface area contributed by atoms with Crippen molar-refractivity contribution in [2.24, 2.45) is 0 Å². The molecule has 3 heterocycles. The molecule has 1 saturated heterocycles. The largest absolute Gasteiger partial charge is 0.372 e. The average molecular weight is 280 g/mol. The van der Waals surface area contributed by atoms with E-state index in [1.54, 1.807) is 6.20 Å². The molecule has 1 aliphatic heterocycles. The number of aromatic nitrogens is 5. The van der Waals surface area contributed by atoms with Crippen molar-refractivity contribution >= 4 is 16.6 Å². The number of benzene rings is 1. The molecular weight excluding hydrogens is 264 g/mol. The van der Waals surface area contributed by atoms with E-state index in [9.17, 15) is 0 Å². The van der Waals surface area contributed by atoms with Gasteiger partial charge in [0.1, 0.15) is 0 Å². The number of nitrogens with zero attached hydrogens (tertiary/aromatic N) is 5. The molecule has 0 radical (unpaired) electrons. The lowest BCUT2D eigenvalue weighted by Gasteiger charge is -2.29. The van der Waals surface area contributed by atoms with E-state index in [1.807, 2.05) is 0 Å². The van der Waals surface area contributed by atoms with Crippen LogP contribution in [-0.4, -0.2) is 38.7 Å². The van der Waals surface area contributed by atoms with E-state index in [0.29, 0.717) is 5.82 Å². The third-order valence-electron chi connectivity index (χ3n) is 3.99. The molecule has 1 aromatic carbocycles. The zero-order chi connectivity index (χ0) is 14.1. The Bertz CT molecular complexity index is 746. The average Bonchev–Trinajstić information content (AvgIpc) is 3.09. The van der Waals surface area contributed by atoms with Gasteiger partial charge in [0.15, 0.2) is 0 Å². The minimum absolute atomic E-state index is 0.577. The molecular formula is C15H16N6. The lowest BCUT2D eigenvalue weighted by molar-refractivity contribution is 0.578. The SMILES string of the molecule is c1nc2ccc(N3CCCCC3)cc2cc1-c1nn[nH]n1. The Hall–Kier alpha value is -2.50. The van der Waals surface area contributed by atoms with Crippen LogP contribution in [0.3, 0.4) is 0 Å². The van der Waals surface area contributed by atoms with Gasteiger partial charge in [-0.05, 0) is 48.7 Å². The number of piperidine rings is 1. The molecule has 0 atom stereocenters. The minimum atomic E-state index is 0.577. The fourth-order valence-electron chi connectivity index (χ4n) is 2.87. The number of fused-ring (bicyclic) bond motifs is 1. The van der Waals surface area contributed by atoms with E-state index in [-0.39, 0.29) is 0 Å². The Morgan fingerprint density at radius 2 is 1.95 bits per heavy atom. The van der Waals surface area contributed by atoms with Crippen molar-refractivity contribution in [1.82, 2.24) is 25.6 Å². The van der Waals surface area contributed by atoms with Gasteiger partial charge in [-0.25, -0.2) is 0 Å². The molecule has 6 nitrogen and oxygen atoms in total. The fraction of sp³-hybridized carbons (Fsp3) is 0.333. The summed E-state index contributed by atoms with van der Waals surface area (Å²) >= 11 is 0. The van der Waals surface area contributed by atoms with Gasteiger partial charge in [-0.2, -0.15) is 5.21 Å². The first-order chi connectivity index (χ1) is 10.4. The Balaban J connectivity index is 1.74. The quantitative estimate of drug-likeness (QED) is 0.780. The van der Waals surface area contributed by atoms with E-state index in [4.69, 9.17) is 0 Å². The standard InChI is InChI=1S/C15H16N6/c1-2-6-21(7-3-1)13-4-5-14-11(9-13)8-12(10-16-14)15-17-19-20-18-15/h4-5,8-10H,1-3,6-7H2,(H,17,18,19,20). The molecule has 2 aromatic heterocycles. The predicted octanol–water partition coefficient (Wildman–Crippen LogP) is 2.41. The zero-order valence-electron chi connectivity index (χ0n) is 11.7. The molecule has 0 bridgehead atoms. The number of hydrogen-bond acceptors (Lipinski definition) is 5. The van der Waals surface area contributed by atoms with Crippen LogP contribution in [0, 0.1) is 0 Å². The lowest BCUT2D eigenvalue weighted by Crippen LogP contribution is -2.29. The van der Waals surface area contributed by atoms with Crippen LogP contribution in [0.15, 0.2) is 30.5 Å². The summed E-state index contributed by atoms with van der Waals surface area (Å²) in [7, 11) is 0. The minimum Gasteiger partial charge on any atom is -0.372 e. The summed E-state index contributed by atoms with van der Waals surface area (Å²) in [5.41, 5.74) is 3.14. The van der Waals surface area contributed by atoms with Gasteiger partial charge in [0.2, 0.25) is 5.82 Å². The van der Waals surface area contributed by atoms with E-state index in [1.165, 1.54) is 24.9 Å². The number of aromatic amines is 1. The Morgan fingerprint density at radius 3 is 2.76 bits per heavy atom. The molecule has 1 aliphatic rings. The van der Waals surface area contributed by atoms with Crippen molar-refractivity contribution in [3.8, 4) is 11.4 Å². The van der Waals surface area contributed by atoms with Crippen LogP contribution in [-0.2, 0) is 0 Å². The van der Waals surface area contributed by atoms with Crippen molar-refractivity contribution in [1.29, 1.82) is 0 Å². The number of pyridine rings is 1. The zero-order valence-corrected chi connectivity index (χ0v) is 11.7. The highest BCUT2D eigenvalue weighted by Crippen LogP contribution is 2.26. The number of rotatable bonds is 2. The summed E-state index contributed by atoms with van der Waals surface area (Å²) in [5.74, 6) is 0.577. The normalized spacial score (nSPS) is 15.5. The second kappa shape index (κ2) is 5.12. The topological polar surface area (TPSA) is 70.6 Å². The molecule has 1 fully saturated rings. The fourth-order valence-corrected chi connectivity index (χ4v) is 2.87. The highest BCUT2D eigenvalue weighted by molar-refractivity contribution is 5.85. The van der Waals surface area contributed by atoms with Crippen molar-refractivity contribution in [2.45, 2.75) is 19.3 Å². The van der Waals surface area contributed by atoms with Gasteiger partial charge >= 0.3 is 0 Å². The number of nitrogens with one attached hydrogen (secondary N) is 1. The molecule has 4 rings (SSSR count). The Morgan fingerprint density at radius 1 is 1.05 bits per heavy atom. The van der Waals surface area contributed by atoms with Gasteiger partial charge in [-0.1, -0.05) is 0 Å². The molecule has 3 aromatic rings. The third-order valence-corrected chi connectivity index (χ3v) is 3.99. The highest BCUT2D eigenvalue weighted by atomic mass is 15.5. The highest BCUT2D eigenvalue weighted by Gasteiger charge is 2.12. The van der Waals surface area contributed by atoms with Crippen LogP contribution in [0.25, 0.3) is 22.3 Å². The second-order valence-electron chi connectivity index (χ2n) is 5.38. The molecule has 6 heteroatoms. The maximum absolute atomic E-state index is 4.48. The summed E-state index contributed by atoms with van der Waals surface area (Å²) in [6.07, 6.45) is 5.68. The first-order valence-electron chi connectivity index (χ1n) is 7.29. The molecule has 21 heavy (non-hydrogen) atoms. The molecule has 0 aliphatic carbocycles. The Kier molecular flexibility index (Phi) is 2.99. The number of H-pyrrole nitrogens is 1. The number of tetrazole rings is 1. The van der Waals surface area contributed by atoms with Gasteiger partial charge in [0.05, 0.1) is 5.52 Å². The van der Waals surface area contributed by atoms with Crippen LogP contribution in [0.4, 0.5) is 5.69 Å². The molecule has 1 N–H and O–H groups in total. The monoisotopic (exact) mass is 280 g/mol. The van der Waals surface area contributed by atoms with Crippen LogP contribution in [0.5, 0.6) is 0 Å². The van der Waals surface area contributed by atoms with E-state index >= 15 is 0 Å². The van der Waals surface area contributed by atoms with Crippen LogP contribution >= 0.6 is 0 Å². The molecule has 0 unspecified atom stereocenters. The summed E-state index contributed by atoms with van der Waals surface area (Å²) in [4.78, 5) is 6.93. The van der Waals surface area contributed by atoms with Gasteiger partial charge in [-0.15, -0.1) is 10.2 Å². The predicted molar refractivity (Wildman–Crippen MR) is 81.0 cm³/mol. The van der Waals surface area contributed by atoms with Gasteiger partial charge in [-0.3, -0.25) is 4.98 Å². The lowest BCUT2D eigenvalue weighted by atomic mass is 10.1. The van der Waals surface area contributed by atoms with Crippen molar-refractivity contribution in [3.05, 3.63) is 30.5 Å². The molecule has 0 saturated carbocycles. The number of hydrogen-bond donors (Lipinski definition) is 1. The summed E-state index contributed by atoms with van der Waals surface area (Å²) in [6, 6.07) is 8.52. The summed E-state index contributed by atoms with van der Waals surface area (Å²) in [6.45, 7) is 2.28. The van der Waals surface area contributed by atoms with Gasteiger partial charge < -0.3 is 4.90 Å². The first kappa shape index (κ1) is 12.3. The van der Waals surface area contributed by atoms with E-state index < -0.39 is 0 Å². The van der Waals surface area contributed by atoms with Crippen LogP contribution in [0.1, 0.15) is 19.3 Å². The van der Waals surface area contributed by atoms with Gasteiger partial charge in [0.25, 0.3) is 0 Å². The molecule has 106 valence electrons. The van der Waals surface area contributed by atoms with Crippen molar-refractivity contribution < 1.29 is 0 Å². The number of anilines is 1. The Labute approximate surface area is 122 Å². The molecule has 0 spiro atoms. The smallest absolute Gasteiger partial charge is 0.206 e. The second-order valence-corrected chi connectivity index (χ2v) is 5.38. The van der Waals surface area contributed by atoms with Crippen LogP contribution in [0.2, 0.25) is 0 Å². The van der Waals surface area contributed by atoms with Crippen LogP contribution < -0.4 is 4.90 Å². The third kappa shape index (κ3) is 2.33. The van der Waals surface area contributed by atoms with E-state index in [0.717, 1.165) is 29.6 Å². The molecule has 0 amide bonds.